The van der Waals surface area contributed by atoms with Gasteiger partial charge >= 0.3 is 0 Å². The van der Waals surface area contributed by atoms with Gasteiger partial charge in [-0.2, -0.15) is 0 Å². The summed E-state index contributed by atoms with van der Waals surface area (Å²) < 4.78 is 26.1. The minimum Gasteiger partial charge on any atom is -0.490 e. The Morgan fingerprint density at radius 1 is 1.11 bits per heavy atom. The molecule has 0 unspecified atom stereocenters. The molecule has 0 saturated heterocycles. The fraction of sp³-hybridized carbons (Fsp3) is 0.0741. The summed E-state index contributed by atoms with van der Waals surface area (Å²) in [5.74, 6) is -0.332. The molecule has 35 heavy (non-hydrogen) atoms. The van der Waals surface area contributed by atoms with Crippen LogP contribution in [0.25, 0.3) is 21.2 Å². The Morgan fingerprint density at radius 2 is 1.97 bits per heavy atom. The van der Waals surface area contributed by atoms with Gasteiger partial charge in [-0.15, -0.1) is 0 Å². The number of thiazole rings is 1. The van der Waals surface area contributed by atoms with Crippen molar-refractivity contribution in [2.45, 2.75) is 6.04 Å². The number of para-hydroxylation sites is 1. The molecule has 6 rings (SSSR count). The Hall–Kier alpha value is -4.30. The molecule has 0 saturated carbocycles. The molecule has 3 heterocycles. The van der Waals surface area contributed by atoms with E-state index >= 15 is 0 Å². The van der Waals surface area contributed by atoms with Gasteiger partial charge in [-0.05, 0) is 48.0 Å². The molecule has 0 aliphatic carbocycles. The van der Waals surface area contributed by atoms with Gasteiger partial charge in [-0.25, -0.2) is 9.37 Å². The second kappa shape index (κ2) is 8.18. The van der Waals surface area contributed by atoms with Gasteiger partial charge in [0.05, 0.1) is 27.2 Å². The van der Waals surface area contributed by atoms with Gasteiger partial charge in [0.15, 0.2) is 10.6 Å². The van der Waals surface area contributed by atoms with E-state index in [9.17, 15) is 14.0 Å². The van der Waals surface area contributed by atoms with Crippen LogP contribution in [-0.4, -0.2) is 17.5 Å². The Balaban J connectivity index is 1.60. The lowest BCUT2D eigenvalue weighted by Crippen LogP contribution is -2.29. The molecular formula is C27H17FN2O4S. The highest BCUT2D eigenvalue weighted by Crippen LogP contribution is 2.44. The lowest BCUT2D eigenvalue weighted by molar-refractivity contribution is 0.0971. The average molecular weight is 485 g/mol. The van der Waals surface area contributed by atoms with Gasteiger partial charge in [0, 0.05) is 0 Å². The Morgan fingerprint density at radius 3 is 2.83 bits per heavy atom. The topological polar surface area (TPSA) is 72.6 Å². The largest absolute Gasteiger partial charge is 0.490 e. The summed E-state index contributed by atoms with van der Waals surface area (Å²) in [6.07, 6.45) is 1.63. The molecule has 0 fully saturated rings. The lowest BCUT2D eigenvalue weighted by Gasteiger charge is -2.23. The number of carbonyl (C=O) groups is 1. The number of anilines is 1. The van der Waals surface area contributed by atoms with Crippen LogP contribution in [0, 0.1) is 5.82 Å². The molecule has 1 atom stereocenters. The van der Waals surface area contributed by atoms with Crippen molar-refractivity contribution < 1.29 is 18.3 Å². The van der Waals surface area contributed by atoms with Crippen LogP contribution < -0.4 is 15.1 Å². The van der Waals surface area contributed by atoms with Crippen molar-refractivity contribution >= 4 is 43.6 Å². The van der Waals surface area contributed by atoms with Crippen LogP contribution in [0.3, 0.4) is 0 Å². The van der Waals surface area contributed by atoms with Crippen LogP contribution in [0.4, 0.5) is 9.52 Å². The van der Waals surface area contributed by atoms with Gasteiger partial charge in [0.2, 0.25) is 5.76 Å². The Labute approximate surface area is 202 Å². The monoisotopic (exact) mass is 484 g/mol. The zero-order chi connectivity index (χ0) is 24.1. The van der Waals surface area contributed by atoms with Crippen LogP contribution in [0.15, 0.2) is 88.6 Å². The number of fused-ring (bicyclic) bond motifs is 3. The van der Waals surface area contributed by atoms with Crippen molar-refractivity contribution in [3.05, 3.63) is 112 Å². The minimum absolute atomic E-state index is 0.0263. The molecule has 5 aromatic rings. The quantitative estimate of drug-likeness (QED) is 0.292. The number of carbonyl (C=O) groups excluding carboxylic acids is 1. The second-order valence-corrected chi connectivity index (χ2v) is 9.04. The standard InChI is InChI=1S/C27H17FN2O4S/c1-2-12-33-17-7-5-6-15(13-17)23-22-24(31)18-8-3-4-9-20(18)34-25(22)26(32)30(23)27-29-19-11-10-16(28)14-21(19)35-27/h2-11,13-14,23H,1,12H2/t23-/m1/s1. The average Bonchev–Trinajstić information content (AvgIpc) is 3.41. The maximum absolute atomic E-state index is 13.8. The Kier molecular flexibility index (Phi) is 4.96. The van der Waals surface area contributed by atoms with Crippen molar-refractivity contribution in [3.8, 4) is 5.75 Å². The van der Waals surface area contributed by atoms with Crippen LogP contribution >= 0.6 is 11.3 Å². The molecule has 0 bridgehead atoms. The predicted molar refractivity (Wildman–Crippen MR) is 133 cm³/mol. The van der Waals surface area contributed by atoms with Gasteiger partial charge in [0.1, 0.15) is 23.8 Å². The molecule has 6 nitrogen and oxygen atoms in total. The van der Waals surface area contributed by atoms with Gasteiger partial charge in [-0.3, -0.25) is 14.5 Å². The molecule has 0 N–H and O–H groups in total. The zero-order valence-electron chi connectivity index (χ0n) is 18.2. The maximum atomic E-state index is 13.8. The third-order valence-corrected chi connectivity index (χ3v) is 6.88. The Bertz CT molecular complexity index is 1710. The summed E-state index contributed by atoms with van der Waals surface area (Å²) in [6.45, 7) is 3.98. The van der Waals surface area contributed by atoms with Crippen molar-refractivity contribution in [3.63, 3.8) is 0 Å². The van der Waals surface area contributed by atoms with E-state index in [1.165, 1.54) is 28.4 Å². The van der Waals surface area contributed by atoms with E-state index in [4.69, 9.17) is 9.15 Å². The van der Waals surface area contributed by atoms with Crippen LogP contribution in [0.2, 0.25) is 0 Å². The first-order chi connectivity index (χ1) is 17.0. The summed E-state index contributed by atoms with van der Waals surface area (Å²) in [4.78, 5) is 33.4. The van der Waals surface area contributed by atoms with E-state index in [0.29, 0.717) is 44.2 Å². The second-order valence-electron chi connectivity index (χ2n) is 8.03. The third-order valence-electron chi connectivity index (χ3n) is 5.86. The summed E-state index contributed by atoms with van der Waals surface area (Å²) in [7, 11) is 0. The number of nitrogens with zero attached hydrogens (tertiary/aromatic N) is 2. The molecule has 0 radical (unpaired) electrons. The number of halogens is 1. The highest BCUT2D eigenvalue weighted by Gasteiger charge is 2.45. The highest BCUT2D eigenvalue weighted by molar-refractivity contribution is 7.22. The maximum Gasteiger partial charge on any atom is 0.297 e. The van der Waals surface area contributed by atoms with Gasteiger partial charge < -0.3 is 9.15 Å². The van der Waals surface area contributed by atoms with Crippen LogP contribution in [0.1, 0.15) is 27.7 Å². The first-order valence-corrected chi connectivity index (χ1v) is 11.7. The van der Waals surface area contributed by atoms with Crippen molar-refractivity contribution in [2.75, 3.05) is 11.5 Å². The summed E-state index contributed by atoms with van der Waals surface area (Å²) >= 11 is 1.18. The van der Waals surface area contributed by atoms with Crippen molar-refractivity contribution in [1.29, 1.82) is 0 Å². The molecule has 8 heteroatoms. The number of aromatic nitrogens is 1. The molecule has 2 aromatic heterocycles. The van der Waals surface area contributed by atoms with E-state index in [-0.39, 0.29) is 16.8 Å². The zero-order valence-corrected chi connectivity index (χ0v) is 19.0. The van der Waals surface area contributed by atoms with Crippen molar-refractivity contribution in [2.24, 2.45) is 0 Å². The summed E-state index contributed by atoms with van der Waals surface area (Å²) in [6, 6.07) is 17.5. The van der Waals surface area contributed by atoms with E-state index in [0.717, 1.165) is 0 Å². The fourth-order valence-corrected chi connectivity index (χ4v) is 5.37. The van der Waals surface area contributed by atoms with E-state index in [1.54, 1.807) is 54.6 Å². The molecule has 3 aromatic carbocycles. The molecule has 1 amide bonds. The minimum atomic E-state index is -0.795. The first kappa shape index (κ1) is 21.2. The molecule has 1 aliphatic heterocycles. The number of amides is 1. The van der Waals surface area contributed by atoms with E-state index in [2.05, 4.69) is 11.6 Å². The first-order valence-electron chi connectivity index (χ1n) is 10.8. The smallest absolute Gasteiger partial charge is 0.297 e. The predicted octanol–water partition coefficient (Wildman–Crippen LogP) is 5.86. The molecular weight excluding hydrogens is 467 g/mol. The number of ether oxygens (including phenoxy) is 1. The number of rotatable bonds is 5. The summed E-state index contributed by atoms with van der Waals surface area (Å²) in [5, 5.41) is 0.726. The molecule has 0 spiro atoms. The van der Waals surface area contributed by atoms with Crippen LogP contribution in [0.5, 0.6) is 5.75 Å². The normalized spacial score (nSPS) is 15.1. The van der Waals surface area contributed by atoms with Crippen LogP contribution in [-0.2, 0) is 0 Å². The van der Waals surface area contributed by atoms with Gasteiger partial charge in [0.25, 0.3) is 5.91 Å². The number of hydrogen-bond donors (Lipinski definition) is 0. The fourth-order valence-electron chi connectivity index (χ4n) is 4.35. The number of hydrogen-bond acceptors (Lipinski definition) is 6. The summed E-state index contributed by atoms with van der Waals surface area (Å²) in [5.41, 5.74) is 1.50. The third kappa shape index (κ3) is 3.41. The number of benzene rings is 3. The van der Waals surface area contributed by atoms with E-state index < -0.39 is 17.8 Å². The molecule has 1 aliphatic rings. The van der Waals surface area contributed by atoms with Gasteiger partial charge in [-0.1, -0.05) is 48.3 Å². The van der Waals surface area contributed by atoms with E-state index in [1.807, 2.05) is 6.07 Å². The lowest BCUT2D eigenvalue weighted by atomic mass is 9.98. The molecule has 172 valence electrons. The SMILES string of the molecule is C=CCOc1cccc([C@@H]2c3c(oc4ccccc4c3=O)C(=O)N2c2nc3ccc(F)cc3s2)c1. The van der Waals surface area contributed by atoms with Crippen molar-refractivity contribution in [1.82, 2.24) is 4.98 Å². The highest BCUT2D eigenvalue weighted by atomic mass is 32.1.